The fraction of sp³-hybridized carbons (Fsp3) is 0.417. The molecule has 1 aliphatic heterocycles. The Morgan fingerprint density at radius 3 is 2.28 bits per heavy atom. The lowest BCUT2D eigenvalue weighted by Gasteiger charge is -2.17. The molecule has 1 aromatic carbocycles. The van der Waals surface area contributed by atoms with E-state index >= 15 is 0 Å². The molecule has 0 spiro atoms. The van der Waals surface area contributed by atoms with Gasteiger partial charge in [-0.1, -0.05) is 15.9 Å². The molecular formula is C12H13Br3N2O. The maximum absolute atomic E-state index is 11.9. The molecule has 98 valence electrons. The van der Waals surface area contributed by atoms with Crippen molar-refractivity contribution >= 4 is 59.4 Å². The number of anilines is 1. The summed E-state index contributed by atoms with van der Waals surface area (Å²) in [6.45, 7) is 2.12. The SMILES string of the molecule is O=C(CNc1c(Br)cc(Br)cc1Br)N1CCCC1. The Hall–Kier alpha value is -0.0700. The molecule has 0 radical (unpaired) electrons. The molecule has 0 unspecified atom stereocenters. The maximum Gasteiger partial charge on any atom is 0.241 e. The molecule has 0 atom stereocenters. The number of carbonyl (C=O) groups excluding carboxylic acids is 1. The molecule has 1 amide bonds. The van der Waals surface area contributed by atoms with Crippen LogP contribution >= 0.6 is 47.8 Å². The van der Waals surface area contributed by atoms with Crippen LogP contribution in [0, 0.1) is 0 Å². The van der Waals surface area contributed by atoms with Gasteiger partial charge in [0.15, 0.2) is 0 Å². The van der Waals surface area contributed by atoms with Gasteiger partial charge in [-0.05, 0) is 56.8 Å². The third kappa shape index (κ3) is 3.48. The number of halogens is 3. The fourth-order valence-corrected chi connectivity index (χ4v) is 4.49. The molecule has 2 rings (SSSR count). The molecule has 0 saturated carbocycles. The van der Waals surface area contributed by atoms with E-state index in [-0.39, 0.29) is 5.91 Å². The molecule has 0 bridgehead atoms. The van der Waals surface area contributed by atoms with E-state index in [9.17, 15) is 4.79 Å². The van der Waals surface area contributed by atoms with Crippen molar-refractivity contribution in [3.05, 3.63) is 25.6 Å². The summed E-state index contributed by atoms with van der Waals surface area (Å²) < 4.78 is 2.84. The summed E-state index contributed by atoms with van der Waals surface area (Å²) in [6.07, 6.45) is 2.24. The number of nitrogens with zero attached hydrogens (tertiary/aromatic N) is 1. The zero-order chi connectivity index (χ0) is 13.1. The standard InChI is InChI=1S/C12H13Br3N2O/c13-8-5-9(14)12(10(15)6-8)16-7-11(18)17-3-1-2-4-17/h5-6,16H,1-4,7H2. The van der Waals surface area contributed by atoms with Crippen molar-refractivity contribution in [2.45, 2.75) is 12.8 Å². The van der Waals surface area contributed by atoms with E-state index in [1.807, 2.05) is 17.0 Å². The minimum absolute atomic E-state index is 0.161. The van der Waals surface area contributed by atoms with E-state index in [1.54, 1.807) is 0 Å². The predicted octanol–water partition coefficient (Wildman–Crippen LogP) is 4.01. The summed E-state index contributed by atoms with van der Waals surface area (Å²) in [5.41, 5.74) is 0.908. The third-order valence-electron chi connectivity index (χ3n) is 2.88. The molecule has 6 heteroatoms. The molecule has 3 nitrogen and oxygen atoms in total. The Balaban J connectivity index is 1.99. The number of rotatable bonds is 3. The normalized spacial score (nSPS) is 14.9. The number of nitrogens with one attached hydrogen (secondary N) is 1. The van der Waals surface area contributed by atoms with Crippen LogP contribution in [0.5, 0.6) is 0 Å². The van der Waals surface area contributed by atoms with Crippen molar-refractivity contribution in [3.8, 4) is 0 Å². The second-order valence-electron chi connectivity index (χ2n) is 4.19. The Labute approximate surface area is 132 Å². The van der Waals surface area contributed by atoms with Crippen molar-refractivity contribution in [2.24, 2.45) is 0 Å². The molecule has 0 aliphatic carbocycles. The number of hydrogen-bond donors (Lipinski definition) is 1. The molecule has 1 fully saturated rings. The Morgan fingerprint density at radius 2 is 1.72 bits per heavy atom. The highest BCUT2D eigenvalue weighted by Crippen LogP contribution is 2.34. The Morgan fingerprint density at radius 1 is 1.17 bits per heavy atom. The first-order chi connectivity index (χ1) is 8.58. The van der Waals surface area contributed by atoms with Crippen LogP contribution in [0.15, 0.2) is 25.6 Å². The van der Waals surface area contributed by atoms with Crippen LogP contribution in [0.2, 0.25) is 0 Å². The van der Waals surface area contributed by atoms with Gasteiger partial charge in [0.2, 0.25) is 5.91 Å². The molecule has 1 aliphatic rings. The summed E-state index contributed by atoms with van der Waals surface area (Å²) in [5.74, 6) is 0.161. The number of likely N-dealkylation sites (tertiary alicyclic amines) is 1. The first-order valence-electron chi connectivity index (χ1n) is 5.74. The Bertz CT molecular complexity index is 436. The predicted molar refractivity (Wildman–Crippen MR) is 83.8 cm³/mol. The molecule has 1 N–H and O–H groups in total. The van der Waals surface area contributed by atoms with Crippen molar-refractivity contribution < 1.29 is 4.79 Å². The van der Waals surface area contributed by atoms with Gasteiger partial charge in [-0.2, -0.15) is 0 Å². The highest BCUT2D eigenvalue weighted by molar-refractivity contribution is 9.11. The second-order valence-corrected chi connectivity index (χ2v) is 6.81. The van der Waals surface area contributed by atoms with Gasteiger partial charge in [0.05, 0.1) is 12.2 Å². The highest BCUT2D eigenvalue weighted by Gasteiger charge is 2.18. The van der Waals surface area contributed by atoms with E-state index in [2.05, 4.69) is 53.1 Å². The number of carbonyl (C=O) groups is 1. The number of benzene rings is 1. The van der Waals surface area contributed by atoms with Gasteiger partial charge in [-0.3, -0.25) is 4.79 Å². The first-order valence-corrected chi connectivity index (χ1v) is 8.12. The highest BCUT2D eigenvalue weighted by atomic mass is 79.9. The molecule has 0 aromatic heterocycles. The number of hydrogen-bond acceptors (Lipinski definition) is 2. The summed E-state index contributed by atoms with van der Waals surface area (Å²) >= 11 is 10.4. The first kappa shape index (κ1) is 14.3. The van der Waals surface area contributed by atoms with Crippen LogP contribution in [-0.2, 0) is 4.79 Å². The quantitative estimate of drug-likeness (QED) is 0.770. The molecule has 1 saturated heterocycles. The minimum Gasteiger partial charge on any atom is -0.374 e. The van der Waals surface area contributed by atoms with Gasteiger partial charge in [0.25, 0.3) is 0 Å². The van der Waals surface area contributed by atoms with Gasteiger partial charge in [0.1, 0.15) is 0 Å². The van der Waals surface area contributed by atoms with Crippen LogP contribution in [0.4, 0.5) is 5.69 Å². The molecular weight excluding hydrogens is 428 g/mol. The minimum atomic E-state index is 0.161. The topological polar surface area (TPSA) is 32.3 Å². The van der Waals surface area contributed by atoms with E-state index in [0.29, 0.717) is 6.54 Å². The van der Waals surface area contributed by atoms with Gasteiger partial charge in [-0.15, -0.1) is 0 Å². The van der Waals surface area contributed by atoms with E-state index in [0.717, 1.165) is 45.0 Å². The van der Waals surface area contributed by atoms with Crippen LogP contribution in [-0.4, -0.2) is 30.4 Å². The van der Waals surface area contributed by atoms with Crippen molar-refractivity contribution in [2.75, 3.05) is 25.0 Å². The summed E-state index contributed by atoms with van der Waals surface area (Å²) in [7, 11) is 0. The van der Waals surface area contributed by atoms with Crippen molar-refractivity contribution in [1.29, 1.82) is 0 Å². The van der Waals surface area contributed by atoms with Gasteiger partial charge >= 0.3 is 0 Å². The van der Waals surface area contributed by atoms with Gasteiger partial charge < -0.3 is 10.2 Å². The average molecular weight is 441 g/mol. The second kappa shape index (κ2) is 6.39. The summed E-state index contributed by atoms with van der Waals surface area (Å²) in [4.78, 5) is 13.8. The molecule has 18 heavy (non-hydrogen) atoms. The monoisotopic (exact) mass is 438 g/mol. The van der Waals surface area contributed by atoms with Crippen LogP contribution in [0.3, 0.4) is 0 Å². The van der Waals surface area contributed by atoms with Crippen molar-refractivity contribution in [1.82, 2.24) is 4.90 Å². The smallest absolute Gasteiger partial charge is 0.241 e. The van der Waals surface area contributed by atoms with Gasteiger partial charge in [-0.25, -0.2) is 0 Å². The van der Waals surface area contributed by atoms with Crippen LogP contribution < -0.4 is 5.32 Å². The lowest BCUT2D eigenvalue weighted by molar-refractivity contribution is -0.128. The van der Waals surface area contributed by atoms with E-state index in [1.165, 1.54) is 0 Å². The molecule has 1 aromatic rings. The molecule has 1 heterocycles. The lowest BCUT2D eigenvalue weighted by atomic mass is 10.3. The maximum atomic E-state index is 11.9. The van der Waals surface area contributed by atoms with E-state index < -0.39 is 0 Å². The zero-order valence-electron chi connectivity index (χ0n) is 9.68. The van der Waals surface area contributed by atoms with Gasteiger partial charge in [0, 0.05) is 26.5 Å². The van der Waals surface area contributed by atoms with Crippen molar-refractivity contribution in [3.63, 3.8) is 0 Å². The van der Waals surface area contributed by atoms with Crippen LogP contribution in [0.1, 0.15) is 12.8 Å². The number of amides is 1. The Kier molecular flexibility index (Phi) is 5.09. The lowest BCUT2D eigenvalue weighted by Crippen LogP contribution is -2.33. The zero-order valence-corrected chi connectivity index (χ0v) is 14.4. The third-order valence-corrected chi connectivity index (χ3v) is 4.59. The summed E-state index contributed by atoms with van der Waals surface area (Å²) in [6, 6.07) is 3.90. The average Bonchev–Trinajstić information content (AvgIpc) is 2.80. The summed E-state index contributed by atoms with van der Waals surface area (Å²) in [5, 5.41) is 3.18. The fourth-order valence-electron chi connectivity index (χ4n) is 1.95. The largest absolute Gasteiger partial charge is 0.374 e. The van der Waals surface area contributed by atoms with Crippen LogP contribution in [0.25, 0.3) is 0 Å². The van der Waals surface area contributed by atoms with E-state index in [4.69, 9.17) is 0 Å².